The summed E-state index contributed by atoms with van der Waals surface area (Å²) in [4.78, 5) is 19.9. The highest BCUT2D eigenvalue weighted by molar-refractivity contribution is 7.16. The van der Waals surface area contributed by atoms with Crippen LogP contribution in [0.15, 0.2) is 58.5 Å². The molecule has 0 spiro atoms. The molecule has 3 rings (SSSR count). The van der Waals surface area contributed by atoms with E-state index in [1.807, 2.05) is 69.3 Å². The summed E-state index contributed by atoms with van der Waals surface area (Å²) >= 11 is 1.20. The fourth-order valence-corrected chi connectivity index (χ4v) is 2.92. The van der Waals surface area contributed by atoms with Crippen LogP contribution < -0.4 is 4.87 Å². The first-order chi connectivity index (χ1) is 10.9. The molecule has 0 radical (unpaired) electrons. The van der Waals surface area contributed by atoms with Crippen molar-refractivity contribution in [3.05, 3.63) is 69.3 Å². The summed E-state index contributed by atoms with van der Waals surface area (Å²) in [5, 5.41) is 4.38. The van der Waals surface area contributed by atoms with Crippen LogP contribution in [0.2, 0.25) is 0 Å². The van der Waals surface area contributed by atoms with E-state index in [2.05, 4.69) is 10.1 Å². The standard InChI is InChI=1S/C18H18N2O2S/c1-18(2,3)22-20-16(12-7-5-4-6-8-12)13-9-10-14-15(11-13)23-17(21)19-14/h4-11H,1-3H3,(H,19,21). The largest absolute Gasteiger partial charge is 0.390 e. The molecule has 23 heavy (non-hydrogen) atoms. The number of hydrogen-bond acceptors (Lipinski definition) is 4. The molecule has 2 aromatic carbocycles. The monoisotopic (exact) mass is 326 g/mol. The molecule has 1 aromatic heterocycles. The van der Waals surface area contributed by atoms with Crippen LogP contribution in [0.4, 0.5) is 0 Å². The van der Waals surface area contributed by atoms with Gasteiger partial charge in [-0.05, 0) is 32.9 Å². The van der Waals surface area contributed by atoms with Crippen LogP contribution in [0.3, 0.4) is 0 Å². The average molecular weight is 326 g/mol. The number of nitrogens with zero attached hydrogens (tertiary/aromatic N) is 1. The highest BCUT2D eigenvalue weighted by Gasteiger charge is 2.14. The zero-order valence-electron chi connectivity index (χ0n) is 13.3. The van der Waals surface area contributed by atoms with Gasteiger partial charge in [-0.1, -0.05) is 52.9 Å². The molecule has 3 aromatic rings. The second-order valence-electron chi connectivity index (χ2n) is 6.24. The Bertz CT molecular complexity index is 902. The predicted octanol–water partition coefficient (Wildman–Crippen LogP) is 4.16. The molecule has 5 heteroatoms. The topological polar surface area (TPSA) is 54.4 Å². The highest BCUT2D eigenvalue weighted by Crippen LogP contribution is 2.20. The first-order valence-corrected chi connectivity index (χ1v) is 8.19. The highest BCUT2D eigenvalue weighted by atomic mass is 32.1. The number of aromatic nitrogens is 1. The van der Waals surface area contributed by atoms with Crippen molar-refractivity contribution in [1.82, 2.24) is 4.98 Å². The van der Waals surface area contributed by atoms with Crippen LogP contribution >= 0.6 is 11.3 Å². The Morgan fingerprint density at radius 3 is 2.52 bits per heavy atom. The number of H-pyrrole nitrogens is 1. The number of thiazole rings is 1. The van der Waals surface area contributed by atoms with Crippen LogP contribution in [0, 0.1) is 0 Å². The Kier molecular flexibility index (Phi) is 4.05. The molecule has 0 amide bonds. The summed E-state index contributed by atoms with van der Waals surface area (Å²) in [5.41, 5.74) is 3.11. The normalized spacial score (nSPS) is 12.6. The van der Waals surface area contributed by atoms with Crippen molar-refractivity contribution in [1.29, 1.82) is 0 Å². The number of hydrogen-bond donors (Lipinski definition) is 1. The van der Waals surface area contributed by atoms with Crippen LogP contribution in [0.25, 0.3) is 10.2 Å². The second-order valence-corrected chi connectivity index (χ2v) is 7.25. The zero-order valence-corrected chi connectivity index (χ0v) is 14.1. The van der Waals surface area contributed by atoms with Crippen LogP contribution in [0.1, 0.15) is 31.9 Å². The second kappa shape index (κ2) is 6.01. The van der Waals surface area contributed by atoms with Gasteiger partial charge < -0.3 is 9.82 Å². The fraction of sp³-hybridized carbons (Fsp3) is 0.222. The van der Waals surface area contributed by atoms with Gasteiger partial charge in [-0.25, -0.2) is 0 Å². The SMILES string of the molecule is CC(C)(C)ON=C(c1ccccc1)c1ccc2[nH]c(=O)sc2c1. The molecule has 1 N–H and O–H groups in total. The minimum Gasteiger partial charge on any atom is -0.390 e. The molecular weight excluding hydrogens is 308 g/mol. The van der Waals surface area contributed by atoms with E-state index in [4.69, 9.17) is 4.84 Å². The van der Waals surface area contributed by atoms with Gasteiger partial charge in [0.05, 0.1) is 10.2 Å². The third-order valence-electron chi connectivity index (χ3n) is 3.15. The Hall–Kier alpha value is -2.40. The van der Waals surface area contributed by atoms with Crippen molar-refractivity contribution in [3.63, 3.8) is 0 Å². The summed E-state index contributed by atoms with van der Waals surface area (Å²) < 4.78 is 0.909. The van der Waals surface area contributed by atoms with E-state index in [0.29, 0.717) is 0 Å². The summed E-state index contributed by atoms with van der Waals surface area (Å²) in [6.45, 7) is 5.88. The third kappa shape index (κ3) is 3.68. The van der Waals surface area contributed by atoms with Gasteiger partial charge in [0, 0.05) is 11.1 Å². The number of rotatable bonds is 3. The van der Waals surface area contributed by atoms with Gasteiger partial charge in [-0.15, -0.1) is 0 Å². The summed E-state index contributed by atoms with van der Waals surface area (Å²) in [5.74, 6) is 0. The van der Waals surface area contributed by atoms with Crippen LogP contribution in [-0.4, -0.2) is 16.3 Å². The number of fused-ring (bicyclic) bond motifs is 1. The average Bonchev–Trinajstić information content (AvgIpc) is 2.87. The minimum atomic E-state index is -0.372. The Morgan fingerprint density at radius 2 is 1.83 bits per heavy atom. The lowest BCUT2D eigenvalue weighted by Crippen LogP contribution is -2.17. The van der Waals surface area contributed by atoms with Gasteiger partial charge in [-0.2, -0.15) is 0 Å². The molecule has 0 fully saturated rings. The van der Waals surface area contributed by atoms with E-state index in [-0.39, 0.29) is 10.5 Å². The number of nitrogens with one attached hydrogen (secondary N) is 1. The van der Waals surface area contributed by atoms with E-state index in [9.17, 15) is 4.79 Å². The van der Waals surface area contributed by atoms with Crippen molar-refractivity contribution in [3.8, 4) is 0 Å². The van der Waals surface area contributed by atoms with Crippen molar-refractivity contribution >= 4 is 27.3 Å². The van der Waals surface area contributed by atoms with Crippen LogP contribution in [0.5, 0.6) is 0 Å². The maximum absolute atomic E-state index is 11.5. The first-order valence-electron chi connectivity index (χ1n) is 7.37. The molecular formula is C18H18N2O2S. The lowest BCUT2D eigenvalue weighted by atomic mass is 10.0. The number of oxime groups is 1. The van der Waals surface area contributed by atoms with Crippen LogP contribution in [-0.2, 0) is 4.84 Å². The van der Waals surface area contributed by atoms with E-state index >= 15 is 0 Å². The number of aromatic amines is 1. The zero-order chi connectivity index (χ0) is 16.4. The summed E-state index contributed by atoms with van der Waals surface area (Å²) in [6, 6.07) is 15.7. The molecule has 0 aliphatic carbocycles. The smallest absolute Gasteiger partial charge is 0.305 e. The van der Waals surface area contributed by atoms with E-state index in [0.717, 1.165) is 27.1 Å². The maximum atomic E-state index is 11.5. The quantitative estimate of drug-likeness (QED) is 0.580. The molecule has 0 aliphatic rings. The molecule has 0 bridgehead atoms. The predicted molar refractivity (Wildman–Crippen MR) is 95.4 cm³/mol. The summed E-state index contributed by atoms with van der Waals surface area (Å²) in [6.07, 6.45) is 0. The Morgan fingerprint density at radius 1 is 1.09 bits per heavy atom. The Balaban J connectivity index is 2.11. The van der Waals surface area contributed by atoms with Gasteiger partial charge in [0.15, 0.2) is 0 Å². The maximum Gasteiger partial charge on any atom is 0.305 e. The molecule has 0 saturated heterocycles. The molecule has 0 unspecified atom stereocenters. The molecule has 4 nitrogen and oxygen atoms in total. The molecule has 1 heterocycles. The van der Waals surface area contributed by atoms with Crippen molar-refractivity contribution in [2.45, 2.75) is 26.4 Å². The van der Waals surface area contributed by atoms with Gasteiger partial charge >= 0.3 is 4.87 Å². The lowest BCUT2D eigenvalue weighted by Gasteiger charge is -2.17. The molecule has 0 aliphatic heterocycles. The summed E-state index contributed by atoms with van der Waals surface area (Å²) in [7, 11) is 0. The fourth-order valence-electron chi connectivity index (χ4n) is 2.14. The van der Waals surface area contributed by atoms with Crippen molar-refractivity contribution in [2.24, 2.45) is 5.16 Å². The molecule has 118 valence electrons. The molecule has 0 atom stereocenters. The van der Waals surface area contributed by atoms with Gasteiger partial charge in [0.25, 0.3) is 0 Å². The van der Waals surface area contributed by atoms with E-state index in [1.54, 1.807) is 0 Å². The molecule has 0 saturated carbocycles. The van der Waals surface area contributed by atoms with Gasteiger partial charge in [0.2, 0.25) is 0 Å². The van der Waals surface area contributed by atoms with Crippen molar-refractivity contribution in [2.75, 3.05) is 0 Å². The van der Waals surface area contributed by atoms with E-state index < -0.39 is 0 Å². The number of benzene rings is 2. The minimum absolute atomic E-state index is 0.0544. The Labute approximate surface area is 138 Å². The van der Waals surface area contributed by atoms with Gasteiger partial charge in [0.1, 0.15) is 11.3 Å². The van der Waals surface area contributed by atoms with Gasteiger partial charge in [-0.3, -0.25) is 4.79 Å². The van der Waals surface area contributed by atoms with E-state index in [1.165, 1.54) is 11.3 Å². The lowest BCUT2D eigenvalue weighted by molar-refractivity contribution is 0.00117. The third-order valence-corrected chi connectivity index (χ3v) is 4.00. The first kappa shape index (κ1) is 15.5. The van der Waals surface area contributed by atoms with Crippen molar-refractivity contribution < 1.29 is 4.84 Å².